The van der Waals surface area contributed by atoms with Gasteiger partial charge >= 0.3 is 0 Å². The van der Waals surface area contributed by atoms with Crippen molar-refractivity contribution in [2.24, 2.45) is 5.92 Å². The Balaban J connectivity index is 1.38. The first-order valence-corrected chi connectivity index (χ1v) is 12.4. The molecule has 6 aromatic rings. The largest absolute Gasteiger partial charge is 0.337 e. The Morgan fingerprint density at radius 1 is 0.947 bits per heavy atom. The average Bonchev–Trinajstić information content (AvgIpc) is 3.52. The Bertz CT molecular complexity index is 1800. The maximum absolute atomic E-state index is 13.9. The first kappa shape index (κ1) is 23.5. The molecule has 0 aliphatic heterocycles. The number of halogens is 1. The van der Waals surface area contributed by atoms with Gasteiger partial charge in [0.25, 0.3) is 0 Å². The second-order valence-corrected chi connectivity index (χ2v) is 9.74. The Morgan fingerprint density at radius 3 is 2.66 bits per heavy atom. The number of rotatable bonds is 6. The zero-order valence-corrected chi connectivity index (χ0v) is 20.9. The predicted molar refractivity (Wildman–Crippen MR) is 148 cm³/mol. The van der Waals surface area contributed by atoms with E-state index in [1.807, 2.05) is 62.4 Å². The van der Waals surface area contributed by atoms with E-state index >= 15 is 0 Å². The van der Waals surface area contributed by atoms with Crippen molar-refractivity contribution in [2.75, 3.05) is 5.32 Å². The van der Waals surface area contributed by atoms with Crippen molar-refractivity contribution in [1.82, 2.24) is 25.1 Å². The van der Waals surface area contributed by atoms with Gasteiger partial charge in [-0.3, -0.25) is 14.9 Å². The molecule has 0 fully saturated rings. The van der Waals surface area contributed by atoms with E-state index in [9.17, 15) is 9.18 Å². The van der Waals surface area contributed by atoms with Crippen LogP contribution in [0.2, 0.25) is 0 Å². The number of imidazole rings is 1. The molecule has 1 amide bonds. The zero-order valence-electron chi connectivity index (χ0n) is 20.9. The number of nitrogens with one attached hydrogen (secondary N) is 3. The van der Waals surface area contributed by atoms with Crippen LogP contribution in [0.5, 0.6) is 0 Å². The zero-order chi connectivity index (χ0) is 26.2. The normalized spacial score (nSPS) is 11.5. The molecule has 0 spiro atoms. The highest BCUT2D eigenvalue weighted by molar-refractivity contribution is 5.98. The predicted octanol–water partition coefficient (Wildman–Crippen LogP) is 6.96. The molecule has 0 aliphatic rings. The number of H-pyrrole nitrogens is 2. The van der Waals surface area contributed by atoms with Gasteiger partial charge in [-0.25, -0.2) is 9.37 Å². The van der Waals surface area contributed by atoms with Gasteiger partial charge in [0.05, 0.1) is 28.4 Å². The lowest BCUT2D eigenvalue weighted by atomic mass is 10.0. The highest BCUT2D eigenvalue weighted by Crippen LogP contribution is 2.33. The first-order chi connectivity index (χ1) is 18.4. The lowest BCUT2D eigenvalue weighted by molar-refractivity contribution is -0.116. The standard InChI is InChI=1S/C30H25FN6O/c1-17(2)11-27(38)33-22-13-20(15-32-16-22)18-9-10-25-24(14-18)29(37-36-25)30-34-26-8-4-7-23(28(26)35-30)19-5-3-6-21(31)12-19/h3-10,12-17H,11H2,1-2H3,(H,33,38)(H,34,35)(H,36,37). The number of benzene rings is 3. The molecule has 0 saturated heterocycles. The summed E-state index contributed by atoms with van der Waals surface area (Å²) in [5, 5.41) is 11.5. The van der Waals surface area contributed by atoms with Crippen molar-refractivity contribution >= 4 is 33.5 Å². The van der Waals surface area contributed by atoms with E-state index in [0.29, 0.717) is 23.6 Å². The fourth-order valence-electron chi connectivity index (χ4n) is 4.66. The van der Waals surface area contributed by atoms with Crippen LogP contribution in [0.25, 0.3) is 55.7 Å². The fraction of sp³-hybridized carbons (Fsp3) is 0.133. The molecule has 3 aromatic carbocycles. The van der Waals surface area contributed by atoms with Crippen molar-refractivity contribution < 1.29 is 9.18 Å². The van der Waals surface area contributed by atoms with Gasteiger partial charge in [0.1, 0.15) is 11.5 Å². The fourth-order valence-corrected chi connectivity index (χ4v) is 4.66. The molecule has 0 saturated carbocycles. The number of aromatic nitrogens is 5. The van der Waals surface area contributed by atoms with Gasteiger partial charge in [-0.1, -0.05) is 44.2 Å². The summed E-state index contributed by atoms with van der Waals surface area (Å²) >= 11 is 0. The molecule has 3 N–H and O–H groups in total. The molecule has 0 aliphatic carbocycles. The van der Waals surface area contributed by atoms with Gasteiger partial charge < -0.3 is 10.3 Å². The number of carbonyl (C=O) groups excluding carboxylic acids is 1. The Labute approximate surface area is 218 Å². The minimum Gasteiger partial charge on any atom is -0.337 e. The Kier molecular flexibility index (Phi) is 5.92. The van der Waals surface area contributed by atoms with Crippen LogP contribution in [0.3, 0.4) is 0 Å². The number of amides is 1. The number of hydrogen-bond donors (Lipinski definition) is 3. The molecule has 0 radical (unpaired) electrons. The Hall–Kier alpha value is -4.85. The molecular formula is C30H25FN6O. The highest BCUT2D eigenvalue weighted by atomic mass is 19.1. The van der Waals surface area contributed by atoms with Gasteiger partial charge in [-0.05, 0) is 53.4 Å². The minimum absolute atomic E-state index is 0.0333. The van der Waals surface area contributed by atoms with Crippen LogP contribution >= 0.6 is 0 Å². The maximum Gasteiger partial charge on any atom is 0.224 e. The average molecular weight is 505 g/mol. The van der Waals surface area contributed by atoms with Crippen LogP contribution in [-0.4, -0.2) is 31.1 Å². The molecule has 3 aromatic heterocycles. The van der Waals surface area contributed by atoms with E-state index < -0.39 is 0 Å². The smallest absolute Gasteiger partial charge is 0.224 e. The summed E-state index contributed by atoms with van der Waals surface area (Å²) in [6.45, 7) is 4.02. The number of para-hydroxylation sites is 1. The molecule has 188 valence electrons. The van der Waals surface area contributed by atoms with Crippen molar-refractivity contribution in [3.05, 3.63) is 84.9 Å². The number of pyridine rings is 1. The third-order valence-electron chi connectivity index (χ3n) is 6.38. The van der Waals surface area contributed by atoms with E-state index in [0.717, 1.165) is 44.2 Å². The number of fused-ring (bicyclic) bond motifs is 2. The molecular weight excluding hydrogens is 479 g/mol. The lowest BCUT2D eigenvalue weighted by Crippen LogP contribution is -2.13. The van der Waals surface area contributed by atoms with Crippen molar-refractivity contribution in [3.63, 3.8) is 0 Å². The lowest BCUT2D eigenvalue weighted by Gasteiger charge is -2.09. The van der Waals surface area contributed by atoms with Gasteiger partial charge in [0, 0.05) is 29.1 Å². The van der Waals surface area contributed by atoms with Crippen molar-refractivity contribution in [3.8, 4) is 33.8 Å². The van der Waals surface area contributed by atoms with Gasteiger partial charge in [-0.2, -0.15) is 5.10 Å². The summed E-state index contributed by atoms with van der Waals surface area (Å²) in [7, 11) is 0. The van der Waals surface area contributed by atoms with E-state index in [1.165, 1.54) is 12.1 Å². The third kappa shape index (κ3) is 4.52. The number of hydrogen-bond acceptors (Lipinski definition) is 4. The molecule has 3 heterocycles. The second kappa shape index (κ2) is 9.55. The summed E-state index contributed by atoms with van der Waals surface area (Å²) < 4.78 is 13.9. The van der Waals surface area contributed by atoms with Crippen molar-refractivity contribution in [1.29, 1.82) is 0 Å². The maximum atomic E-state index is 13.9. The van der Waals surface area contributed by atoms with E-state index in [1.54, 1.807) is 18.5 Å². The summed E-state index contributed by atoms with van der Waals surface area (Å²) in [5.41, 5.74) is 7.19. The number of carbonyl (C=O) groups is 1. The van der Waals surface area contributed by atoms with E-state index in [4.69, 9.17) is 4.98 Å². The molecule has 0 unspecified atom stereocenters. The molecule has 0 atom stereocenters. The van der Waals surface area contributed by atoms with Crippen LogP contribution in [0.4, 0.5) is 10.1 Å². The van der Waals surface area contributed by atoms with Gasteiger partial charge in [-0.15, -0.1) is 0 Å². The van der Waals surface area contributed by atoms with Crippen LogP contribution in [0, 0.1) is 11.7 Å². The number of aromatic amines is 2. The minimum atomic E-state index is -0.292. The summed E-state index contributed by atoms with van der Waals surface area (Å²) in [6.07, 6.45) is 3.87. The SMILES string of the molecule is CC(C)CC(=O)Nc1cncc(-c2ccc3[nH]nc(-c4nc5c(-c6cccc(F)c6)cccc5[nH]4)c3c2)c1. The second-order valence-electron chi connectivity index (χ2n) is 9.74. The van der Waals surface area contributed by atoms with Crippen LogP contribution < -0.4 is 5.32 Å². The molecule has 38 heavy (non-hydrogen) atoms. The Morgan fingerprint density at radius 2 is 1.82 bits per heavy atom. The topological polar surface area (TPSA) is 99.3 Å². The van der Waals surface area contributed by atoms with Crippen LogP contribution in [0.1, 0.15) is 20.3 Å². The van der Waals surface area contributed by atoms with E-state index in [-0.39, 0.29) is 17.6 Å². The highest BCUT2D eigenvalue weighted by Gasteiger charge is 2.16. The van der Waals surface area contributed by atoms with Gasteiger partial charge in [0.15, 0.2) is 5.82 Å². The summed E-state index contributed by atoms with van der Waals surface area (Å²) in [6, 6.07) is 20.2. The number of nitrogens with zero attached hydrogens (tertiary/aromatic N) is 3. The summed E-state index contributed by atoms with van der Waals surface area (Å²) in [5.74, 6) is 0.560. The van der Waals surface area contributed by atoms with Crippen molar-refractivity contribution in [2.45, 2.75) is 20.3 Å². The van der Waals surface area contributed by atoms with Crippen LogP contribution in [0.15, 0.2) is 79.1 Å². The molecule has 6 rings (SSSR count). The quantitative estimate of drug-likeness (QED) is 0.228. The van der Waals surface area contributed by atoms with E-state index in [2.05, 4.69) is 25.5 Å². The third-order valence-corrected chi connectivity index (χ3v) is 6.38. The number of anilines is 1. The molecule has 8 heteroatoms. The monoisotopic (exact) mass is 504 g/mol. The van der Waals surface area contributed by atoms with Crippen LogP contribution in [-0.2, 0) is 4.79 Å². The first-order valence-electron chi connectivity index (χ1n) is 12.4. The van der Waals surface area contributed by atoms with Gasteiger partial charge in [0.2, 0.25) is 5.91 Å². The molecule has 7 nitrogen and oxygen atoms in total. The molecule has 0 bridgehead atoms. The summed E-state index contributed by atoms with van der Waals surface area (Å²) in [4.78, 5) is 24.8.